The lowest BCUT2D eigenvalue weighted by atomic mass is 9.87. The first-order chi connectivity index (χ1) is 16.5. The van der Waals surface area contributed by atoms with E-state index in [-0.39, 0.29) is 19.1 Å². The number of nitrogens with zero attached hydrogens (tertiary/aromatic N) is 1. The van der Waals surface area contributed by atoms with Crippen LogP contribution in [0.4, 0.5) is 5.69 Å². The fraction of sp³-hybridized carbons (Fsp3) is 0.286. The van der Waals surface area contributed by atoms with Crippen molar-refractivity contribution in [3.05, 3.63) is 89.5 Å². The van der Waals surface area contributed by atoms with Crippen molar-refractivity contribution in [1.29, 1.82) is 0 Å². The van der Waals surface area contributed by atoms with Crippen LogP contribution in [0.25, 0.3) is 0 Å². The first kappa shape index (κ1) is 22.0. The largest absolute Gasteiger partial charge is 0.454 e. The van der Waals surface area contributed by atoms with Crippen molar-refractivity contribution in [3.8, 4) is 11.5 Å². The Morgan fingerprint density at radius 3 is 2.56 bits per heavy atom. The number of amides is 1. The van der Waals surface area contributed by atoms with Crippen LogP contribution in [0.5, 0.6) is 11.5 Å². The Balaban J connectivity index is 1.61. The number of carbonyl (C=O) groups excluding carboxylic acids is 2. The Labute approximate surface area is 199 Å². The molecule has 0 radical (unpaired) electrons. The number of anilines is 1. The maximum Gasteiger partial charge on any atom is 0.339 e. The third-order valence-corrected chi connectivity index (χ3v) is 6.34. The van der Waals surface area contributed by atoms with Crippen molar-refractivity contribution in [1.82, 2.24) is 0 Å². The molecule has 174 valence electrons. The van der Waals surface area contributed by atoms with Crippen LogP contribution in [0, 0.1) is 5.92 Å². The lowest BCUT2D eigenvalue weighted by molar-refractivity contribution is -0.137. The van der Waals surface area contributed by atoms with Gasteiger partial charge in [0.25, 0.3) is 5.91 Å². The second-order valence-electron chi connectivity index (χ2n) is 9.07. The van der Waals surface area contributed by atoms with Crippen molar-refractivity contribution >= 4 is 17.6 Å². The first-order valence-corrected chi connectivity index (χ1v) is 11.6. The number of rotatable bonds is 7. The normalized spacial score (nSPS) is 18.3. The van der Waals surface area contributed by atoms with Crippen molar-refractivity contribution in [3.63, 3.8) is 0 Å². The number of hydrogen-bond donors (Lipinski definition) is 0. The third-order valence-electron chi connectivity index (χ3n) is 6.34. The predicted octanol–water partition coefficient (Wildman–Crippen LogP) is 5.10. The Bertz CT molecular complexity index is 1220. The van der Waals surface area contributed by atoms with E-state index in [1.54, 1.807) is 29.2 Å². The van der Waals surface area contributed by atoms with E-state index in [1.807, 2.05) is 48.5 Å². The summed E-state index contributed by atoms with van der Waals surface area (Å²) in [5.74, 6) is 0.847. The van der Waals surface area contributed by atoms with Gasteiger partial charge in [0, 0.05) is 24.1 Å². The fourth-order valence-electron chi connectivity index (χ4n) is 4.60. The minimum Gasteiger partial charge on any atom is -0.454 e. The van der Waals surface area contributed by atoms with Crippen LogP contribution in [0.3, 0.4) is 0 Å². The summed E-state index contributed by atoms with van der Waals surface area (Å²) in [7, 11) is 0. The van der Waals surface area contributed by atoms with Crippen molar-refractivity contribution in [2.24, 2.45) is 5.92 Å². The summed E-state index contributed by atoms with van der Waals surface area (Å²) >= 11 is 0. The van der Waals surface area contributed by atoms with Gasteiger partial charge < -0.3 is 19.1 Å². The molecular weight excluding hydrogens is 430 g/mol. The van der Waals surface area contributed by atoms with Crippen molar-refractivity contribution in [2.45, 2.75) is 32.3 Å². The highest BCUT2D eigenvalue weighted by Gasteiger charge is 2.54. The fourth-order valence-corrected chi connectivity index (χ4v) is 4.60. The van der Waals surface area contributed by atoms with Gasteiger partial charge in [-0.3, -0.25) is 4.79 Å². The summed E-state index contributed by atoms with van der Waals surface area (Å²) in [6.07, 6.45) is 0.979. The van der Waals surface area contributed by atoms with Gasteiger partial charge in [-0.25, -0.2) is 4.79 Å². The minimum absolute atomic E-state index is 0.119. The maximum atomic E-state index is 14.1. The number of hydrogen-bond acceptors (Lipinski definition) is 5. The molecule has 6 nitrogen and oxygen atoms in total. The van der Waals surface area contributed by atoms with Crippen molar-refractivity contribution < 1.29 is 23.8 Å². The molecule has 2 heterocycles. The molecule has 1 amide bonds. The van der Waals surface area contributed by atoms with E-state index in [0.29, 0.717) is 35.1 Å². The van der Waals surface area contributed by atoms with Gasteiger partial charge in [0.2, 0.25) is 12.4 Å². The number of para-hydroxylation sites is 2. The molecule has 34 heavy (non-hydrogen) atoms. The van der Waals surface area contributed by atoms with Gasteiger partial charge in [-0.05, 0) is 36.6 Å². The molecule has 2 aliphatic rings. The van der Waals surface area contributed by atoms with Crippen LogP contribution in [-0.4, -0.2) is 25.2 Å². The molecule has 0 fully saturated rings. The van der Waals surface area contributed by atoms with Crippen LogP contribution in [0.15, 0.2) is 72.8 Å². The Kier molecular flexibility index (Phi) is 5.74. The quantitative estimate of drug-likeness (QED) is 0.462. The van der Waals surface area contributed by atoms with E-state index < -0.39 is 11.6 Å². The van der Waals surface area contributed by atoms with E-state index in [4.69, 9.17) is 14.2 Å². The molecule has 0 aliphatic carbocycles. The minimum atomic E-state index is -1.51. The molecule has 6 heteroatoms. The van der Waals surface area contributed by atoms with Crippen LogP contribution in [0.1, 0.15) is 41.8 Å². The zero-order valence-electron chi connectivity index (χ0n) is 19.3. The summed E-state index contributed by atoms with van der Waals surface area (Å²) in [6, 6.07) is 21.9. The van der Waals surface area contributed by atoms with Gasteiger partial charge in [0.05, 0.1) is 11.3 Å². The van der Waals surface area contributed by atoms with Crippen molar-refractivity contribution in [2.75, 3.05) is 18.2 Å². The highest BCUT2D eigenvalue weighted by Crippen LogP contribution is 2.48. The molecule has 3 aromatic rings. The molecule has 1 unspecified atom stereocenters. The summed E-state index contributed by atoms with van der Waals surface area (Å²) in [5.41, 5.74) is 1.10. The molecule has 0 saturated heterocycles. The predicted molar refractivity (Wildman–Crippen MR) is 128 cm³/mol. The van der Waals surface area contributed by atoms with Crippen LogP contribution in [0.2, 0.25) is 0 Å². The van der Waals surface area contributed by atoms with Crippen LogP contribution >= 0.6 is 0 Å². The maximum absolute atomic E-state index is 14.1. The standard InChI is InChI=1S/C28H27NO5/c1-19(2)15-16-29-23-13-7-6-12-22(23)28(27(29)31,34-26(30)20-9-4-3-5-10-20)17-21-11-8-14-24-25(21)33-18-32-24/h3-14,19H,15-18H2,1-2H3. The average molecular weight is 458 g/mol. The van der Waals surface area contributed by atoms with E-state index in [1.165, 1.54) is 0 Å². The molecule has 2 aliphatic heterocycles. The Morgan fingerprint density at radius 1 is 1.00 bits per heavy atom. The van der Waals surface area contributed by atoms with Gasteiger partial charge in [-0.15, -0.1) is 0 Å². The van der Waals surface area contributed by atoms with Gasteiger partial charge in [0.1, 0.15) is 0 Å². The second-order valence-corrected chi connectivity index (χ2v) is 9.07. The molecule has 3 aromatic carbocycles. The number of ether oxygens (including phenoxy) is 3. The topological polar surface area (TPSA) is 65.1 Å². The SMILES string of the molecule is CC(C)CCN1C(=O)C(Cc2cccc3c2OCO3)(OC(=O)c2ccccc2)c2ccccc21. The lowest BCUT2D eigenvalue weighted by Crippen LogP contribution is -2.46. The summed E-state index contributed by atoms with van der Waals surface area (Å²) in [4.78, 5) is 29.2. The molecule has 0 N–H and O–H groups in total. The van der Waals surface area contributed by atoms with E-state index in [0.717, 1.165) is 17.7 Å². The van der Waals surface area contributed by atoms with E-state index in [9.17, 15) is 9.59 Å². The first-order valence-electron chi connectivity index (χ1n) is 11.6. The smallest absolute Gasteiger partial charge is 0.339 e. The Hall–Kier alpha value is -3.80. The number of esters is 1. The molecule has 0 bridgehead atoms. The molecule has 0 spiro atoms. The highest BCUT2D eigenvalue weighted by molar-refractivity contribution is 6.09. The number of fused-ring (bicyclic) bond motifs is 2. The zero-order valence-corrected chi connectivity index (χ0v) is 19.3. The number of carbonyl (C=O) groups is 2. The summed E-state index contributed by atoms with van der Waals surface area (Å²) in [5, 5.41) is 0. The molecule has 5 rings (SSSR count). The van der Waals surface area contributed by atoms with Gasteiger partial charge in [-0.2, -0.15) is 0 Å². The van der Waals surface area contributed by atoms with Gasteiger partial charge >= 0.3 is 5.97 Å². The molecular formula is C28H27NO5. The second kappa shape index (κ2) is 8.86. The monoisotopic (exact) mass is 457 g/mol. The Morgan fingerprint density at radius 2 is 1.76 bits per heavy atom. The average Bonchev–Trinajstić information content (AvgIpc) is 3.41. The van der Waals surface area contributed by atoms with Gasteiger partial charge in [0.15, 0.2) is 11.5 Å². The number of benzene rings is 3. The molecule has 0 aromatic heterocycles. The van der Waals surface area contributed by atoms with E-state index in [2.05, 4.69) is 13.8 Å². The highest BCUT2D eigenvalue weighted by atomic mass is 16.7. The summed E-state index contributed by atoms with van der Waals surface area (Å²) in [6.45, 7) is 4.92. The zero-order chi connectivity index (χ0) is 23.7. The molecule has 1 atom stereocenters. The lowest BCUT2D eigenvalue weighted by Gasteiger charge is -2.29. The third kappa shape index (κ3) is 3.79. The van der Waals surface area contributed by atoms with Crippen LogP contribution in [-0.2, 0) is 21.6 Å². The van der Waals surface area contributed by atoms with Gasteiger partial charge in [-0.1, -0.05) is 62.4 Å². The van der Waals surface area contributed by atoms with Crippen LogP contribution < -0.4 is 14.4 Å². The molecule has 0 saturated carbocycles. The van der Waals surface area contributed by atoms with E-state index >= 15 is 0 Å². The summed E-state index contributed by atoms with van der Waals surface area (Å²) < 4.78 is 17.5.